The summed E-state index contributed by atoms with van der Waals surface area (Å²) in [5.41, 5.74) is 3.27. The standard InChI is InChI=1S/C18H15F2NO2S/c1-11-5-3-8-17(21-11)14-7-4-6-13(14)12-9-15(19)18(16(20)10-12)24(2,22)23/h3,5-10H,4H2,1-2H3. The number of hydrogen-bond donors (Lipinski definition) is 0. The Hall–Kier alpha value is -2.34. The second-order valence-electron chi connectivity index (χ2n) is 5.68. The maximum Gasteiger partial charge on any atom is 0.181 e. The summed E-state index contributed by atoms with van der Waals surface area (Å²) in [6.07, 6.45) is 5.17. The van der Waals surface area contributed by atoms with Gasteiger partial charge in [-0.05, 0) is 48.7 Å². The first-order chi connectivity index (χ1) is 11.3. The summed E-state index contributed by atoms with van der Waals surface area (Å²) in [7, 11) is -3.97. The lowest BCUT2D eigenvalue weighted by Gasteiger charge is -2.12. The highest BCUT2D eigenvalue weighted by Crippen LogP contribution is 2.37. The van der Waals surface area contributed by atoms with Gasteiger partial charge in [0.1, 0.15) is 16.5 Å². The van der Waals surface area contributed by atoms with E-state index in [1.165, 1.54) is 0 Å². The van der Waals surface area contributed by atoms with Crippen molar-refractivity contribution in [2.24, 2.45) is 0 Å². The molecule has 3 rings (SSSR count). The van der Waals surface area contributed by atoms with Crippen LogP contribution in [-0.4, -0.2) is 19.7 Å². The molecule has 0 amide bonds. The number of hydrogen-bond acceptors (Lipinski definition) is 3. The molecule has 1 heterocycles. The van der Waals surface area contributed by atoms with Gasteiger partial charge in [0.2, 0.25) is 0 Å². The average molecular weight is 347 g/mol. The number of halogens is 2. The number of aryl methyl sites for hydroxylation is 1. The van der Waals surface area contributed by atoms with Crippen molar-refractivity contribution in [3.8, 4) is 0 Å². The molecule has 0 saturated carbocycles. The lowest BCUT2D eigenvalue weighted by atomic mass is 9.97. The van der Waals surface area contributed by atoms with Gasteiger partial charge in [0.15, 0.2) is 9.84 Å². The topological polar surface area (TPSA) is 47.0 Å². The Labute approximate surface area is 139 Å². The molecule has 24 heavy (non-hydrogen) atoms. The Morgan fingerprint density at radius 2 is 1.67 bits per heavy atom. The summed E-state index contributed by atoms with van der Waals surface area (Å²) in [5, 5.41) is 0. The molecule has 0 unspecified atom stereocenters. The van der Waals surface area contributed by atoms with Gasteiger partial charge in [-0.1, -0.05) is 18.2 Å². The molecule has 0 saturated heterocycles. The molecule has 1 aliphatic carbocycles. The van der Waals surface area contributed by atoms with Crippen LogP contribution in [0.5, 0.6) is 0 Å². The highest BCUT2D eigenvalue weighted by Gasteiger charge is 2.23. The zero-order valence-electron chi connectivity index (χ0n) is 13.2. The molecule has 1 aromatic carbocycles. The Bertz CT molecular complexity index is 969. The number of sulfone groups is 1. The van der Waals surface area contributed by atoms with Crippen molar-refractivity contribution in [3.05, 3.63) is 71.1 Å². The first kappa shape index (κ1) is 16.5. The Kier molecular flexibility index (Phi) is 4.09. The Morgan fingerprint density at radius 3 is 2.25 bits per heavy atom. The number of allylic oxidation sites excluding steroid dienone is 4. The van der Waals surface area contributed by atoms with Crippen molar-refractivity contribution >= 4 is 21.0 Å². The van der Waals surface area contributed by atoms with E-state index in [1.807, 2.05) is 37.3 Å². The minimum absolute atomic E-state index is 0.296. The maximum absolute atomic E-state index is 14.2. The molecule has 0 atom stereocenters. The van der Waals surface area contributed by atoms with E-state index in [4.69, 9.17) is 0 Å². The number of rotatable bonds is 3. The fourth-order valence-electron chi connectivity index (χ4n) is 2.79. The SMILES string of the molecule is Cc1cccc(C2=CCC=C2c2cc(F)c(S(C)(=O)=O)c(F)c2)n1. The summed E-state index contributed by atoms with van der Waals surface area (Å²) in [5.74, 6) is -2.17. The number of pyridine rings is 1. The first-order valence-corrected chi connectivity index (χ1v) is 9.20. The van der Waals surface area contributed by atoms with Gasteiger partial charge in [0, 0.05) is 17.5 Å². The fourth-order valence-corrected chi connectivity index (χ4v) is 3.62. The molecular weight excluding hydrogens is 332 g/mol. The molecule has 0 spiro atoms. The summed E-state index contributed by atoms with van der Waals surface area (Å²) < 4.78 is 51.4. The van der Waals surface area contributed by atoms with Crippen LogP contribution in [0.3, 0.4) is 0 Å². The molecule has 6 heteroatoms. The normalized spacial score (nSPS) is 14.5. The lowest BCUT2D eigenvalue weighted by Crippen LogP contribution is -2.06. The molecule has 1 aliphatic rings. The average Bonchev–Trinajstić information content (AvgIpc) is 2.94. The predicted octanol–water partition coefficient (Wildman–Crippen LogP) is 3.94. The molecule has 2 aromatic rings. The number of benzene rings is 1. The van der Waals surface area contributed by atoms with Gasteiger partial charge < -0.3 is 0 Å². The third-order valence-electron chi connectivity index (χ3n) is 3.78. The van der Waals surface area contributed by atoms with Crippen LogP contribution >= 0.6 is 0 Å². The number of aromatic nitrogens is 1. The minimum atomic E-state index is -3.97. The van der Waals surface area contributed by atoms with Gasteiger partial charge in [-0.15, -0.1) is 0 Å². The first-order valence-electron chi connectivity index (χ1n) is 7.31. The molecular formula is C18H15F2NO2S. The third-order valence-corrected chi connectivity index (χ3v) is 4.91. The highest BCUT2D eigenvalue weighted by atomic mass is 32.2. The van der Waals surface area contributed by atoms with Gasteiger partial charge >= 0.3 is 0 Å². The second-order valence-corrected chi connectivity index (χ2v) is 7.63. The maximum atomic E-state index is 14.2. The van der Waals surface area contributed by atoms with Gasteiger partial charge in [0.05, 0.1) is 5.69 Å². The van der Waals surface area contributed by atoms with E-state index in [9.17, 15) is 17.2 Å². The van der Waals surface area contributed by atoms with E-state index >= 15 is 0 Å². The van der Waals surface area contributed by atoms with Crippen LogP contribution in [0.2, 0.25) is 0 Å². The molecule has 0 radical (unpaired) electrons. The summed E-state index contributed by atoms with van der Waals surface area (Å²) in [6, 6.07) is 7.67. The minimum Gasteiger partial charge on any atom is -0.253 e. The molecule has 0 aliphatic heterocycles. The van der Waals surface area contributed by atoms with Gasteiger partial charge in [-0.3, -0.25) is 4.98 Å². The van der Waals surface area contributed by atoms with Gasteiger partial charge in [-0.25, -0.2) is 17.2 Å². The molecule has 124 valence electrons. The third kappa shape index (κ3) is 3.01. The molecule has 3 nitrogen and oxygen atoms in total. The Balaban J connectivity index is 2.09. The van der Waals surface area contributed by atoms with Crippen molar-refractivity contribution in [2.75, 3.05) is 6.26 Å². The smallest absolute Gasteiger partial charge is 0.181 e. The Morgan fingerprint density at radius 1 is 1.04 bits per heavy atom. The summed E-state index contributed by atoms with van der Waals surface area (Å²) in [6.45, 7) is 1.86. The highest BCUT2D eigenvalue weighted by molar-refractivity contribution is 7.90. The van der Waals surface area contributed by atoms with Crippen molar-refractivity contribution in [1.82, 2.24) is 4.98 Å². The van der Waals surface area contributed by atoms with Gasteiger partial charge in [-0.2, -0.15) is 0 Å². The lowest BCUT2D eigenvalue weighted by molar-refractivity contribution is 0.521. The zero-order valence-corrected chi connectivity index (χ0v) is 14.0. The zero-order chi connectivity index (χ0) is 17.5. The number of nitrogens with zero attached hydrogens (tertiary/aromatic N) is 1. The van der Waals surface area contributed by atoms with Crippen LogP contribution in [0.4, 0.5) is 8.78 Å². The van der Waals surface area contributed by atoms with Crippen LogP contribution in [0.15, 0.2) is 47.4 Å². The van der Waals surface area contributed by atoms with Crippen LogP contribution in [0.1, 0.15) is 23.4 Å². The molecule has 0 N–H and O–H groups in total. The van der Waals surface area contributed by atoms with E-state index in [2.05, 4.69) is 4.98 Å². The fraction of sp³-hybridized carbons (Fsp3) is 0.167. The largest absolute Gasteiger partial charge is 0.253 e. The predicted molar refractivity (Wildman–Crippen MR) is 89.0 cm³/mol. The second kappa shape index (κ2) is 5.94. The molecule has 1 aromatic heterocycles. The van der Waals surface area contributed by atoms with Crippen LogP contribution in [0, 0.1) is 18.6 Å². The van der Waals surface area contributed by atoms with Crippen molar-refractivity contribution in [1.29, 1.82) is 0 Å². The quantitative estimate of drug-likeness (QED) is 0.845. The van der Waals surface area contributed by atoms with E-state index < -0.39 is 26.4 Å². The van der Waals surface area contributed by atoms with Crippen LogP contribution < -0.4 is 0 Å². The van der Waals surface area contributed by atoms with Crippen molar-refractivity contribution < 1.29 is 17.2 Å². The molecule has 0 bridgehead atoms. The van der Waals surface area contributed by atoms with E-state index in [1.54, 1.807) is 0 Å². The van der Waals surface area contributed by atoms with Crippen LogP contribution in [-0.2, 0) is 9.84 Å². The summed E-state index contributed by atoms with van der Waals surface area (Å²) in [4.78, 5) is 3.54. The van der Waals surface area contributed by atoms with E-state index in [0.29, 0.717) is 23.3 Å². The molecule has 0 fully saturated rings. The van der Waals surface area contributed by atoms with E-state index in [0.717, 1.165) is 29.7 Å². The van der Waals surface area contributed by atoms with Crippen molar-refractivity contribution in [3.63, 3.8) is 0 Å². The van der Waals surface area contributed by atoms with E-state index in [-0.39, 0.29) is 0 Å². The van der Waals surface area contributed by atoms with Gasteiger partial charge in [0.25, 0.3) is 0 Å². The summed E-state index contributed by atoms with van der Waals surface area (Å²) >= 11 is 0. The van der Waals surface area contributed by atoms with Crippen LogP contribution in [0.25, 0.3) is 11.1 Å². The van der Waals surface area contributed by atoms with Crippen molar-refractivity contribution in [2.45, 2.75) is 18.2 Å². The monoisotopic (exact) mass is 347 g/mol.